The number of hydrogen-bond donors (Lipinski definition) is 1. The summed E-state index contributed by atoms with van der Waals surface area (Å²) in [6, 6.07) is 9.03. The number of para-hydroxylation sites is 1. The summed E-state index contributed by atoms with van der Waals surface area (Å²) < 4.78 is 7.71. The van der Waals surface area contributed by atoms with Crippen LogP contribution in [0.3, 0.4) is 0 Å². The van der Waals surface area contributed by atoms with Crippen LogP contribution in [-0.2, 0) is 18.2 Å². The standard InChI is InChI=1S/C14H18N2O/c1-16-9-11(8-12-10-17-7-6-15-12)13-4-2-3-5-14(13)16/h2-5,9,12,15H,6-8,10H2,1H3/t12-/m0/s1. The summed E-state index contributed by atoms with van der Waals surface area (Å²) >= 11 is 0. The van der Waals surface area contributed by atoms with Gasteiger partial charge in [-0.3, -0.25) is 0 Å². The second kappa shape index (κ2) is 4.51. The Hall–Kier alpha value is -1.32. The van der Waals surface area contributed by atoms with Crippen molar-refractivity contribution in [2.75, 3.05) is 19.8 Å². The summed E-state index contributed by atoms with van der Waals surface area (Å²) in [4.78, 5) is 0. The average molecular weight is 230 g/mol. The zero-order valence-electron chi connectivity index (χ0n) is 10.1. The summed E-state index contributed by atoms with van der Waals surface area (Å²) in [6.07, 6.45) is 3.28. The highest BCUT2D eigenvalue weighted by atomic mass is 16.5. The van der Waals surface area contributed by atoms with E-state index >= 15 is 0 Å². The summed E-state index contributed by atoms with van der Waals surface area (Å²) in [7, 11) is 2.11. The van der Waals surface area contributed by atoms with Crippen LogP contribution in [0.5, 0.6) is 0 Å². The number of morpholine rings is 1. The van der Waals surface area contributed by atoms with Gasteiger partial charge in [-0.25, -0.2) is 0 Å². The molecule has 3 nitrogen and oxygen atoms in total. The highest BCUT2D eigenvalue weighted by Crippen LogP contribution is 2.21. The molecule has 0 bridgehead atoms. The zero-order valence-corrected chi connectivity index (χ0v) is 10.1. The summed E-state index contributed by atoms with van der Waals surface area (Å²) in [6.45, 7) is 2.63. The molecule has 2 heterocycles. The number of ether oxygens (including phenoxy) is 1. The number of nitrogens with one attached hydrogen (secondary N) is 1. The van der Waals surface area contributed by atoms with E-state index < -0.39 is 0 Å². The predicted molar refractivity (Wildman–Crippen MR) is 69.2 cm³/mol. The van der Waals surface area contributed by atoms with Gasteiger partial charge < -0.3 is 14.6 Å². The molecule has 0 spiro atoms. The molecule has 0 aliphatic carbocycles. The fraction of sp³-hybridized carbons (Fsp3) is 0.429. The van der Waals surface area contributed by atoms with E-state index in [1.54, 1.807) is 0 Å². The molecule has 1 N–H and O–H groups in total. The minimum absolute atomic E-state index is 0.453. The number of fused-ring (bicyclic) bond motifs is 1. The third kappa shape index (κ3) is 2.08. The van der Waals surface area contributed by atoms with Crippen molar-refractivity contribution < 1.29 is 4.74 Å². The lowest BCUT2D eigenvalue weighted by atomic mass is 10.1. The van der Waals surface area contributed by atoms with Gasteiger partial charge in [0.2, 0.25) is 0 Å². The van der Waals surface area contributed by atoms with Gasteiger partial charge in [-0.15, -0.1) is 0 Å². The molecule has 2 aromatic rings. The van der Waals surface area contributed by atoms with Gasteiger partial charge in [-0.2, -0.15) is 0 Å². The monoisotopic (exact) mass is 230 g/mol. The van der Waals surface area contributed by atoms with Crippen LogP contribution in [0.2, 0.25) is 0 Å². The highest BCUT2D eigenvalue weighted by molar-refractivity contribution is 5.83. The Morgan fingerprint density at radius 3 is 3.12 bits per heavy atom. The van der Waals surface area contributed by atoms with Crippen molar-refractivity contribution in [1.82, 2.24) is 9.88 Å². The molecule has 0 amide bonds. The van der Waals surface area contributed by atoms with Crippen molar-refractivity contribution in [2.24, 2.45) is 7.05 Å². The Kier molecular flexibility index (Phi) is 2.87. The first kappa shape index (κ1) is 10.8. The maximum Gasteiger partial charge on any atom is 0.0623 e. The lowest BCUT2D eigenvalue weighted by Gasteiger charge is -2.23. The van der Waals surface area contributed by atoms with Crippen molar-refractivity contribution in [1.29, 1.82) is 0 Å². The molecule has 90 valence electrons. The molecule has 1 fully saturated rings. The van der Waals surface area contributed by atoms with Crippen molar-refractivity contribution in [3.8, 4) is 0 Å². The molecule has 1 aromatic carbocycles. The third-order valence-corrected chi connectivity index (χ3v) is 3.44. The molecule has 1 aliphatic rings. The minimum Gasteiger partial charge on any atom is -0.379 e. The summed E-state index contributed by atoms with van der Waals surface area (Å²) in [5, 5.41) is 4.87. The quantitative estimate of drug-likeness (QED) is 0.850. The van der Waals surface area contributed by atoms with Crippen molar-refractivity contribution >= 4 is 10.9 Å². The fourth-order valence-electron chi connectivity index (χ4n) is 2.60. The topological polar surface area (TPSA) is 26.2 Å². The lowest BCUT2D eigenvalue weighted by molar-refractivity contribution is 0.0771. The summed E-state index contributed by atoms with van der Waals surface area (Å²) in [5.74, 6) is 0. The van der Waals surface area contributed by atoms with Gasteiger partial charge in [0.1, 0.15) is 0 Å². The number of rotatable bonds is 2. The van der Waals surface area contributed by atoms with Crippen LogP contribution in [0.25, 0.3) is 10.9 Å². The molecule has 17 heavy (non-hydrogen) atoms. The number of aromatic nitrogens is 1. The molecule has 0 radical (unpaired) electrons. The van der Waals surface area contributed by atoms with Crippen LogP contribution in [0.15, 0.2) is 30.5 Å². The number of aryl methyl sites for hydroxylation is 1. The molecular weight excluding hydrogens is 212 g/mol. The van der Waals surface area contributed by atoms with E-state index in [0.717, 1.165) is 26.2 Å². The molecule has 1 saturated heterocycles. The van der Waals surface area contributed by atoms with Crippen LogP contribution in [-0.4, -0.2) is 30.4 Å². The molecule has 1 atom stereocenters. The largest absolute Gasteiger partial charge is 0.379 e. The van der Waals surface area contributed by atoms with E-state index in [2.05, 4.69) is 47.4 Å². The number of benzene rings is 1. The van der Waals surface area contributed by atoms with Gasteiger partial charge in [0.25, 0.3) is 0 Å². The number of hydrogen-bond acceptors (Lipinski definition) is 2. The van der Waals surface area contributed by atoms with Gasteiger partial charge in [0.05, 0.1) is 13.2 Å². The van der Waals surface area contributed by atoms with Crippen LogP contribution >= 0.6 is 0 Å². The molecule has 1 aromatic heterocycles. The Morgan fingerprint density at radius 1 is 1.41 bits per heavy atom. The highest BCUT2D eigenvalue weighted by Gasteiger charge is 2.16. The molecule has 3 rings (SSSR count). The predicted octanol–water partition coefficient (Wildman–Crippen LogP) is 1.71. The second-order valence-electron chi connectivity index (χ2n) is 4.71. The Labute approximate surface area is 101 Å². The van der Waals surface area contributed by atoms with E-state index in [0.29, 0.717) is 6.04 Å². The molecular formula is C14H18N2O. The average Bonchev–Trinajstić information content (AvgIpc) is 2.69. The normalized spacial score (nSPS) is 20.9. The van der Waals surface area contributed by atoms with E-state index in [9.17, 15) is 0 Å². The first-order valence-electron chi connectivity index (χ1n) is 6.18. The van der Waals surface area contributed by atoms with Crippen molar-refractivity contribution in [2.45, 2.75) is 12.5 Å². The van der Waals surface area contributed by atoms with Crippen molar-refractivity contribution in [3.63, 3.8) is 0 Å². The van der Waals surface area contributed by atoms with E-state index in [4.69, 9.17) is 4.74 Å². The SMILES string of the molecule is Cn1cc(C[C@H]2COCCN2)c2ccccc21. The van der Waals surface area contributed by atoms with Gasteiger partial charge >= 0.3 is 0 Å². The van der Waals surface area contributed by atoms with E-state index in [1.807, 2.05) is 0 Å². The first-order valence-corrected chi connectivity index (χ1v) is 6.18. The smallest absolute Gasteiger partial charge is 0.0623 e. The lowest BCUT2D eigenvalue weighted by Crippen LogP contribution is -2.42. The maximum absolute atomic E-state index is 5.50. The van der Waals surface area contributed by atoms with E-state index in [1.165, 1.54) is 16.5 Å². The van der Waals surface area contributed by atoms with Crippen LogP contribution < -0.4 is 5.32 Å². The van der Waals surface area contributed by atoms with Crippen LogP contribution in [0, 0.1) is 0 Å². The van der Waals surface area contributed by atoms with Crippen LogP contribution in [0.4, 0.5) is 0 Å². The van der Waals surface area contributed by atoms with Gasteiger partial charge in [-0.05, 0) is 18.1 Å². The minimum atomic E-state index is 0.453. The molecule has 0 unspecified atom stereocenters. The van der Waals surface area contributed by atoms with E-state index in [-0.39, 0.29) is 0 Å². The second-order valence-corrected chi connectivity index (χ2v) is 4.71. The molecule has 3 heteroatoms. The van der Waals surface area contributed by atoms with Gasteiger partial charge in [0, 0.05) is 36.7 Å². The van der Waals surface area contributed by atoms with Gasteiger partial charge in [0.15, 0.2) is 0 Å². The Bertz CT molecular complexity index is 512. The van der Waals surface area contributed by atoms with Gasteiger partial charge in [-0.1, -0.05) is 18.2 Å². The fourth-order valence-corrected chi connectivity index (χ4v) is 2.60. The summed E-state index contributed by atoms with van der Waals surface area (Å²) in [5.41, 5.74) is 2.71. The zero-order chi connectivity index (χ0) is 11.7. The Morgan fingerprint density at radius 2 is 2.29 bits per heavy atom. The first-order chi connectivity index (χ1) is 8.34. The maximum atomic E-state index is 5.50. The number of nitrogens with zero attached hydrogens (tertiary/aromatic N) is 1. The van der Waals surface area contributed by atoms with Crippen LogP contribution in [0.1, 0.15) is 5.56 Å². The molecule has 1 aliphatic heterocycles. The molecule has 0 saturated carbocycles. The third-order valence-electron chi connectivity index (χ3n) is 3.44. The Balaban J connectivity index is 1.89. The van der Waals surface area contributed by atoms with Crippen molar-refractivity contribution in [3.05, 3.63) is 36.0 Å².